The zero-order valence-corrected chi connectivity index (χ0v) is 18.7. The number of hydrogen-bond acceptors (Lipinski definition) is 7. The number of ether oxygens (including phenoxy) is 2. The number of imide groups is 1. The van der Waals surface area contributed by atoms with E-state index in [1.165, 1.54) is 37.3 Å². The molecule has 0 aromatic heterocycles. The fraction of sp³-hybridized carbons (Fsp3) is 0.217. The second-order valence-corrected chi connectivity index (χ2v) is 7.85. The fourth-order valence-electron chi connectivity index (χ4n) is 2.93. The number of para-hydroxylation sites is 1. The monoisotopic (exact) mass is 472 g/mol. The molecule has 10 heteroatoms. The third-order valence-electron chi connectivity index (χ3n) is 4.53. The van der Waals surface area contributed by atoms with E-state index in [4.69, 9.17) is 9.47 Å². The summed E-state index contributed by atoms with van der Waals surface area (Å²) >= 11 is 0.702. The van der Waals surface area contributed by atoms with Crippen LogP contribution in [0.5, 0.6) is 5.75 Å². The molecule has 1 aliphatic heterocycles. The number of nitrogens with one attached hydrogen (secondary N) is 1. The molecule has 0 radical (unpaired) electrons. The molecule has 1 heterocycles. The van der Waals surface area contributed by atoms with E-state index in [1.54, 1.807) is 31.2 Å². The lowest BCUT2D eigenvalue weighted by atomic mass is 10.1. The Bertz CT molecular complexity index is 1100. The molecule has 1 aliphatic rings. The first-order valence-corrected chi connectivity index (χ1v) is 10.8. The van der Waals surface area contributed by atoms with E-state index in [9.17, 15) is 23.6 Å². The lowest BCUT2D eigenvalue weighted by molar-refractivity contribution is -0.150. The average molecular weight is 472 g/mol. The number of anilines is 1. The largest absolute Gasteiger partial charge is 0.483 e. The van der Waals surface area contributed by atoms with Gasteiger partial charge in [0.05, 0.1) is 11.5 Å². The predicted octanol–water partition coefficient (Wildman–Crippen LogP) is 3.83. The number of benzene rings is 2. The number of carbonyl (C=O) groups is 4. The quantitative estimate of drug-likeness (QED) is 0.460. The number of esters is 1. The van der Waals surface area contributed by atoms with Crippen molar-refractivity contribution < 1.29 is 33.0 Å². The van der Waals surface area contributed by atoms with Crippen LogP contribution >= 0.6 is 11.8 Å². The Balaban J connectivity index is 1.70. The first-order chi connectivity index (χ1) is 15.8. The van der Waals surface area contributed by atoms with Crippen molar-refractivity contribution >= 4 is 46.5 Å². The summed E-state index contributed by atoms with van der Waals surface area (Å²) in [6.07, 6.45) is 1.47. The van der Waals surface area contributed by atoms with E-state index >= 15 is 0 Å². The van der Waals surface area contributed by atoms with Crippen molar-refractivity contribution in [3.05, 3.63) is 64.8 Å². The number of nitrogens with zero attached hydrogens (tertiary/aromatic N) is 1. The van der Waals surface area contributed by atoms with E-state index in [0.717, 1.165) is 4.90 Å². The molecule has 8 nitrogen and oxygen atoms in total. The fourth-order valence-corrected chi connectivity index (χ4v) is 3.83. The molecule has 1 saturated heterocycles. The minimum absolute atomic E-state index is 0.114. The summed E-state index contributed by atoms with van der Waals surface area (Å²) in [6.45, 7) is 2.86. The van der Waals surface area contributed by atoms with Gasteiger partial charge in [0.25, 0.3) is 17.1 Å². The Labute approximate surface area is 193 Å². The van der Waals surface area contributed by atoms with Crippen molar-refractivity contribution in [1.82, 2.24) is 4.90 Å². The number of amides is 3. The van der Waals surface area contributed by atoms with Gasteiger partial charge in [0.15, 0.2) is 6.61 Å². The number of rotatable bonds is 8. The molecule has 0 spiro atoms. The van der Waals surface area contributed by atoms with Crippen LogP contribution in [0.15, 0.2) is 53.4 Å². The van der Waals surface area contributed by atoms with Crippen LogP contribution in [0.3, 0.4) is 0 Å². The molecule has 172 valence electrons. The van der Waals surface area contributed by atoms with Gasteiger partial charge in [-0.05, 0) is 62.0 Å². The Morgan fingerprint density at radius 1 is 1.15 bits per heavy atom. The number of carbonyl (C=O) groups excluding carboxylic acids is 4. The summed E-state index contributed by atoms with van der Waals surface area (Å²) in [5.74, 6) is -1.84. The predicted molar refractivity (Wildman–Crippen MR) is 121 cm³/mol. The van der Waals surface area contributed by atoms with Gasteiger partial charge in [-0.15, -0.1) is 0 Å². The third kappa shape index (κ3) is 5.98. The highest BCUT2D eigenvalue weighted by molar-refractivity contribution is 8.18. The van der Waals surface area contributed by atoms with Gasteiger partial charge in [-0.3, -0.25) is 19.3 Å². The van der Waals surface area contributed by atoms with Crippen molar-refractivity contribution in [2.24, 2.45) is 0 Å². The summed E-state index contributed by atoms with van der Waals surface area (Å²) in [4.78, 5) is 50.2. The zero-order chi connectivity index (χ0) is 24.0. The lowest BCUT2D eigenvalue weighted by Gasteiger charge is -2.19. The van der Waals surface area contributed by atoms with E-state index in [0.29, 0.717) is 28.8 Å². The van der Waals surface area contributed by atoms with Crippen LogP contribution in [-0.4, -0.2) is 47.2 Å². The van der Waals surface area contributed by atoms with E-state index in [-0.39, 0.29) is 18.1 Å². The van der Waals surface area contributed by atoms with Crippen LogP contribution in [0.2, 0.25) is 0 Å². The van der Waals surface area contributed by atoms with Crippen molar-refractivity contribution in [3.63, 3.8) is 0 Å². The average Bonchev–Trinajstić information content (AvgIpc) is 3.07. The van der Waals surface area contributed by atoms with Gasteiger partial charge in [0.1, 0.15) is 17.6 Å². The highest BCUT2D eigenvalue weighted by atomic mass is 32.2. The van der Waals surface area contributed by atoms with Crippen LogP contribution < -0.4 is 10.1 Å². The molecule has 0 unspecified atom stereocenters. The van der Waals surface area contributed by atoms with E-state index in [2.05, 4.69) is 5.32 Å². The summed E-state index contributed by atoms with van der Waals surface area (Å²) in [5, 5.41) is 2.00. The molecule has 1 N–H and O–H groups in total. The molecular formula is C23H21FN2O6S. The molecular weight excluding hydrogens is 451 g/mol. The van der Waals surface area contributed by atoms with Crippen molar-refractivity contribution in [1.29, 1.82) is 0 Å². The smallest absolute Gasteiger partial charge is 0.329 e. The maximum atomic E-state index is 13.0. The topological polar surface area (TPSA) is 102 Å². The first-order valence-electron chi connectivity index (χ1n) is 10.0. The normalized spacial score (nSPS) is 15.5. The third-order valence-corrected chi connectivity index (χ3v) is 5.41. The molecule has 0 bridgehead atoms. The van der Waals surface area contributed by atoms with Gasteiger partial charge in [0.2, 0.25) is 0 Å². The Hall–Kier alpha value is -3.66. The van der Waals surface area contributed by atoms with E-state index in [1.807, 2.05) is 0 Å². The second kappa shape index (κ2) is 10.8. The summed E-state index contributed by atoms with van der Waals surface area (Å²) in [7, 11) is 0. The van der Waals surface area contributed by atoms with Crippen LogP contribution in [0, 0.1) is 5.82 Å². The molecule has 1 fully saturated rings. The summed E-state index contributed by atoms with van der Waals surface area (Å²) in [6, 6.07) is 10.9. The van der Waals surface area contributed by atoms with Gasteiger partial charge < -0.3 is 14.8 Å². The van der Waals surface area contributed by atoms with Gasteiger partial charge >= 0.3 is 5.97 Å². The Morgan fingerprint density at radius 3 is 2.55 bits per heavy atom. The maximum absolute atomic E-state index is 13.0. The van der Waals surface area contributed by atoms with Gasteiger partial charge in [0, 0.05) is 11.3 Å². The molecule has 3 rings (SSSR count). The molecule has 0 saturated carbocycles. The lowest BCUT2D eigenvalue weighted by Crippen LogP contribution is -2.42. The standard InChI is InChI=1S/C23H21FN2O6S/c1-3-31-22(29)14(2)26-21(28)19(33-23(26)30)12-15-6-4-5-7-18(15)32-13-20(27)25-17-10-8-16(24)9-11-17/h4-12,14H,3,13H2,1-2H3,(H,25,27)/b19-12+/t14-/m1/s1. The highest BCUT2D eigenvalue weighted by Crippen LogP contribution is 2.35. The van der Waals surface area contributed by atoms with Crippen LogP contribution in [0.1, 0.15) is 19.4 Å². The van der Waals surface area contributed by atoms with Crippen molar-refractivity contribution in [2.45, 2.75) is 19.9 Å². The summed E-state index contributed by atoms with van der Waals surface area (Å²) < 4.78 is 23.5. The minimum Gasteiger partial charge on any atom is -0.483 e. The van der Waals surface area contributed by atoms with Gasteiger partial charge in [-0.25, -0.2) is 9.18 Å². The molecule has 2 aromatic rings. The van der Waals surface area contributed by atoms with Crippen LogP contribution in [0.4, 0.5) is 14.9 Å². The van der Waals surface area contributed by atoms with Gasteiger partial charge in [-0.1, -0.05) is 18.2 Å². The molecule has 0 aliphatic carbocycles. The maximum Gasteiger partial charge on any atom is 0.329 e. The van der Waals surface area contributed by atoms with Crippen LogP contribution in [-0.2, 0) is 19.1 Å². The number of hydrogen-bond donors (Lipinski definition) is 1. The van der Waals surface area contributed by atoms with Crippen molar-refractivity contribution in [3.8, 4) is 5.75 Å². The van der Waals surface area contributed by atoms with Gasteiger partial charge in [-0.2, -0.15) is 0 Å². The highest BCUT2D eigenvalue weighted by Gasteiger charge is 2.41. The van der Waals surface area contributed by atoms with Crippen LogP contribution in [0.25, 0.3) is 6.08 Å². The first kappa shape index (κ1) is 24.0. The molecule has 1 atom stereocenters. The Morgan fingerprint density at radius 2 is 1.85 bits per heavy atom. The van der Waals surface area contributed by atoms with Crippen molar-refractivity contribution in [2.75, 3.05) is 18.5 Å². The molecule has 3 amide bonds. The minimum atomic E-state index is -1.05. The SMILES string of the molecule is CCOC(=O)[C@@H](C)N1C(=O)S/C(=C/c2ccccc2OCC(=O)Nc2ccc(F)cc2)C1=O. The molecule has 33 heavy (non-hydrogen) atoms. The Kier molecular flexibility index (Phi) is 7.83. The van der Waals surface area contributed by atoms with E-state index < -0.39 is 34.9 Å². The summed E-state index contributed by atoms with van der Waals surface area (Å²) in [5.41, 5.74) is 0.893. The number of halogens is 1. The number of thioether (sulfide) groups is 1. The molecule has 2 aromatic carbocycles. The second-order valence-electron chi connectivity index (χ2n) is 6.86. The zero-order valence-electron chi connectivity index (χ0n) is 17.9.